The summed E-state index contributed by atoms with van der Waals surface area (Å²) in [5.41, 5.74) is -20.0. The summed E-state index contributed by atoms with van der Waals surface area (Å²) in [6.45, 7) is 0. The van der Waals surface area contributed by atoms with Crippen LogP contribution >= 0.6 is 0 Å². The molecule has 0 bridgehead atoms. The van der Waals surface area contributed by atoms with Gasteiger partial charge in [-0.05, 0) is 0 Å². The second-order valence-electron chi connectivity index (χ2n) is 4.73. The lowest BCUT2D eigenvalue weighted by Crippen LogP contribution is -2.40. The van der Waals surface area contributed by atoms with Crippen LogP contribution in [-0.2, 0) is 30.1 Å². The minimum absolute atomic E-state index is 1.87. The predicted molar refractivity (Wildman–Crippen MR) is 75.5 cm³/mol. The van der Waals surface area contributed by atoms with Gasteiger partial charge in [0.15, 0.2) is 0 Å². The van der Waals surface area contributed by atoms with E-state index in [0.717, 1.165) is 0 Å². The zero-order valence-electron chi connectivity index (χ0n) is 13.9. The molecule has 0 spiro atoms. The zero-order valence-corrected chi connectivity index (χ0v) is 16.3. The van der Waals surface area contributed by atoms with Crippen molar-refractivity contribution in [1.82, 2.24) is 15.0 Å². The normalized spacial score (nSPS) is 14.2. The molecule has 0 aliphatic carbocycles. The van der Waals surface area contributed by atoms with Gasteiger partial charge in [-0.25, -0.2) is 0 Å². The molecule has 0 atom stereocenters. The molecule has 0 N–H and O–H groups in total. The van der Waals surface area contributed by atoms with Crippen molar-refractivity contribution in [2.45, 2.75) is 16.5 Å². The van der Waals surface area contributed by atoms with E-state index >= 15 is 0 Å². The first-order chi connectivity index (χ1) is 14.3. The fraction of sp³-hybridized carbons (Fsp3) is 0.500. The molecule has 0 radical (unpaired) electrons. The molecule has 192 valence electrons. The first-order valence-electron chi connectivity index (χ1n) is 6.38. The molecule has 1 heterocycles. The molecule has 0 fully saturated rings. The Bertz CT molecular complexity index is 1060. The lowest BCUT2D eigenvalue weighted by molar-refractivity contribution is -0.0455. The number of sulfonamides is 3. The number of hydrogen-bond acceptors (Lipinski definition) is 9. The fourth-order valence-corrected chi connectivity index (χ4v) is 2.61. The van der Waals surface area contributed by atoms with Crippen molar-refractivity contribution < 1.29 is 78.2 Å². The molecule has 0 unspecified atom stereocenters. The molecule has 0 saturated carbocycles. The lowest BCUT2D eigenvalue weighted by Gasteiger charge is -2.19. The van der Waals surface area contributed by atoms with Gasteiger partial charge in [0.1, 0.15) is 0 Å². The van der Waals surface area contributed by atoms with Gasteiger partial charge in [-0.3, -0.25) is 0 Å². The Morgan fingerprint density at radius 1 is 0.455 bits per heavy atom. The fourth-order valence-electron chi connectivity index (χ4n) is 1.17. The molecule has 33 heavy (non-hydrogen) atoms. The van der Waals surface area contributed by atoms with E-state index in [9.17, 15) is 78.2 Å². The number of nitrogens with zero attached hydrogens (tertiary/aromatic N) is 6. The summed E-state index contributed by atoms with van der Waals surface area (Å²) in [5, 5.41) is 0. The van der Waals surface area contributed by atoms with E-state index in [1.807, 2.05) is 15.0 Å². The van der Waals surface area contributed by atoms with Crippen LogP contribution in [0, 0.1) is 0 Å². The van der Waals surface area contributed by atoms with E-state index in [1.165, 1.54) is 0 Å². The van der Waals surface area contributed by atoms with Gasteiger partial charge in [0.25, 0.3) is 17.8 Å². The smallest absolute Gasteiger partial charge is 0.194 e. The molecule has 1 aromatic heterocycles. The average Bonchev–Trinajstić information content (AvgIpc) is 2.62. The minimum Gasteiger partial charge on any atom is -0.194 e. The Morgan fingerprint density at radius 3 is 0.727 bits per heavy atom. The largest absolute Gasteiger partial charge is 0.519 e. The minimum atomic E-state index is -7.35. The molecule has 0 aliphatic heterocycles. The van der Waals surface area contributed by atoms with E-state index in [2.05, 4.69) is 0 Å². The van der Waals surface area contributed by atoms with Crippen LogP contribution in [0.4, 0.5) is 70.8 Å². The summed E-state index contributed by atoms with van der Waals surface area (Å²) in [4.78, 5) is 5.61. The zero-order chi connectivity index (χ0) is 26.6. The molecule has 0 amide bonds. The first-order valence-corrected chi connectivity index (χ1v) is 10.7. The Morgan fingerprint density at radius 2 is 0.606 bits per heavy atom. The van der Waals surface area contributed by atoms with Gasteiger partial charge in [-0.2, -0.15) is 79.7 Å². The summed E-state index contributed by atoms with van der Waals surface area (Å²) in [6.07, 6.45) is 0. The molecular weight excluding hydrogens is 576 g/mol. The van der Waals surface area contributed by atoms with Crippen LogP contribution in [0.3, 0.4) is 0 Å². The third kappa shape index (κ3) is 5.01. The number of hydrogen-bond donors (Lipinski definition) is 0. The second kappa shape index (κ2) is 8.02. The maximum atomic E-state index is 13.7. The van der Waals surface area contributed by atoms with Gasteiger partial charge >= 0.3 is 46.6 Å². The number of anilines is 3. The van der Waals surface area contributed by atoms with Gasteiger partial charge in [0.2, 0.25) is 0 Å². The van der Waals surface area contributed by atoms with Gasteiger partial charge in [0.05, 0.1) is 0 Å². The van der Waals surface area contributed by atoms with Crippen LogP contribution in [0.25, 0.3) is 0 Å². The van der Waals surface area contributed by atoms with Crippen LogP contribution in [-0.4, -0.2) is 56.7 Å². The molecule has 0 aromatic carbocycles. The topological polar surface area (TPSA) is 151 Å². The standard InChI is InChI=1S/C6F12N6O6S3/c7-4(8,9)31(25,26)22(16)1-19-2(23(17)32(27,28)5(10,11)12)21-3(20-1)24(18)33(29,30)6(13,14)15. The van der Waals surface area contributed by atoms with E-state index in [0.29, 0.717) is 0 Å². The maximum Gasteiger partial charge on any atom is 0.519 e. The highest BCUT2D eigenvalue weighted by molar-refractivity contribution is 7.94. The Labute approximate surface area is 172 Å². The average molecular weight is 576 g/mol. The number of halogens is 12. The maximum absolute atomic E-state index is 13.7. The molecule has 0 saturated heterocycles. The predicted octanol–water partition coefficient (Wildman–Crippen LogP) is 1.49. The van der Waals surface area contributed by atoms with Crippen molar-refractivity contribution >= 4 is 47.9 Å². The van der Waals surface area contributed by atoms with Crippen molar-refractivity contribution in [3.05, 3.63) is 0 Å². The van der Waals surface area contributed by atoms with E-state index < -0.39 is 78.0 Å². The van der Waals surface area contributed by atoms with Crippen molar-refractivity contribution in [3.8, 4) is 0 Å². The molecule has 12 nitrogen and oxygen atoms in total. The van der Waals surface area contributed by atoms with Crippen LogP contribution < -0.4 is 13.6 Å². The third-order valence-corrected chi connectivity index (χ3v) is 6.09. The molecule has 1 aromatic rings. The molecule has 27 heteroatoms. The van der Waals surface area contributed by atoms with Crippen molar-refractivity contribution in [1.29, 1.82) is 0 Å². The van der Waals surface area contributed by atoms with Crippen molar-refractivity contribution in [3.63, 3.8) is 0 Å². The van der Waals surface area contributed by atoms with Crippen LogP contribution in [0.2, 0.25) is 0 Å². The first kappa shape index (κ1) is 28.5. The van der Waals surface area contributed by atoms with Crippen molar-refractivity contribution in [2.24, 2.45) is 0 Å². The Balaban J connectivity index is 3.94. The van der Waals surface area contributed by atoms with E-state index in [-0.39, 0.29) is 0 Å². The molecule has 1 rings (SSSR count). The monoisotopic (exact) mass is 576 g/mol. The van der Waals surface area contributed by atoms with E-state index in [1.54, 1.807) is 0 Å². The van der Waals surface area contributed by atoms with E-state index in [4.69, 9.17) is 0 Å². The summed E-state index contributed by atoms with van der Waals surface area (Å²) < 4.78 is 210. The lowest BCUT2D eigenvalue weighted by atomic mass is 10.8. The highest BCUT2D eigenvalue weighted by atomic mass is 32.2. The second-order valence-corrected chi connectivity index (χ2v) is 9.93. The summed E-state index contributed by atoms with van der Waals surface area (Å²) in [7, 11) is -22.1. The van der Waals surface area contributed by atoms with Crippen LogP contribution in [0.1, 0.15) is 0 Å². The van der Waals surface area contributed by atoms with Gasteiger partial charge in [0, 0.05) is 0 Å². The molecule has 0 aliphatic rings. The van der Waals surface area contributed by atoms with Gasteiger partial charge < -0.3 is 0 Å². The highest BCUT2D eigenvalue weighted by Gasteiger charge is 2.56. The van der Waals surface area contributed by atoms with Crippen LogP contribution in [0.5, 0.6) is 0 Å². The summed E-state index contributed by atoms with van der Waals surface area (Å²) in [5.74, 6) is -9.06. The Kier molecular flexibility index (Phi) is 6.92. The highest BCUT2D eigenvalue weighted by Crippen LogP contribution is 2.35. The SMILES string of the molecule is O=S(=O)(N(F)c1nc(N(F)S(=O)(=O)C(F)(F)F)nc(N(F)S(=O)(=O)C(F)(F)F)n1)C(F)(F)F. The van der Waals surface area contributed by atoms with Crippen LogP contribution in [0.15, 0.2) is 0 Å². The molecular formula is C6F12N6O6S3. The summed E-state index contributed by atoms with van der Waals surface area (Å²) >= 11 is 0. The number of aromatic nitrogens is 3. The summed E-state index contributed by atoms with van der Waals surface area (Å²) in [6, 6.07) is 0. The Hall–Kier alpha value is -2.58. The third-order valence-electron chi connectivity index (χ3n) is 2.58. The number of alkyl halides is 9. The van der Waals surface area contributed by atoms with Crippen molar-refractivity contribution in [2.75, 3.05) is 13.6 Å². The number of rotatable bonds is 6. The van der Waals surface area contributed by atoms with Gasteiger partial charge in [-0.15, -0.1) is 0 Å². The quantitative estimate of drug-likeness (QED) is 0.363. The van der Waals surface area contributed by atoms with Gasteiger partial charge in [-0.1, -0.05) is 27.0 Å².